The van der Waals surface area contributed by atoms with Gasteiger partial charge in [0, 0.05) is 21.5 Å². The molecule has 0 unspecified atom stereocenters. The summed E-state index contributed by atoms with van der Waals surface area (Å²) in [5.41, 5.74) is 8.88. The number of hydrogen-bond donors (Lipinski definition) is 1. The number of benzene rings is 1. The number of nitrogens with zero attached hydrogens (tertiary/aromatic N) is 2. The van der Waals surface area contributed by atoms with E-state index in [2.05, 4.69) is 39.7 Å². The van der Waals surface area contributed by atoms with Gasteiger partial charge in [-0.1, -0.05) is 41.9 Å². The van der Waals surface area contributed by atoms with Crippen molar-refractivity contribution in [2.75, 3.05) is 5.73 Å². The lowest BCUT2D eigenvalue weighted by Gasteiger charge is -2.12. The van der Waals surface area contributed by atoms with Crippen LogP contribution in [-0.4, -0.2) is 9.97 Å². The summed E-state index contributed by atoms with van der Waals surface area (Å²) in [6.07, 6.45) is 0. The number of anilines is 1. The van der Waals surface area contributed by atoms with Crippen molar-refractivity contribution >= 4 is 21.7 Å². The number of rotatable bonds is 2. The summed E-state index contributed by atoms with van der Waals surface area (Å²) in [6.45, 7) is 6.09. The maximum absolute atomic E-state index is 5.97. The molecule has 0 aliphatic rings. The molecule has 3 nitrogen and oxygen atoms in total. The van der Waals surface area contributed by atoms with E-state index >= 15 is 0 Å². The summed E-state index contributed by atoms with van der Waals surface area (Å²) >= 11 is 3.43. The van der Waals surface area contributed by atoms with E-state index in [0.717, 1.165) is 27.1 Å². The number of nitrogens with two attached hydrogens (primary N) is 1. The maximum atomic E-state index is 5.97. The van der Waals surface area contributed by atoms with Gasteiger partial charge in [0.1, 0.15) is 11.6 Å². The van der Waals surface area contributed by atoms with Gasteiger partial charge >= 0.3 is 0 Å². The molecule has 2 N–H and O–H groups in total. The van der Waals surface area contributed by atoms with Gasteiger partial charge in [-0.2, -0.15) is 0 Å². The molecule has 0 bridgehead atoms. The van der Waals surface area contributed by atoms with E-state index < -0.39 is 0 Å². The monoisotopic (exact) mass is 305 g/mol. The zero-order valence-electron chi connectivity index (χ0n) is 10.7. The molecule has 0 saturated carbocycles. The second kappa shape index (κ2) is 5.06. The number of aromatic nitrogens is 2. The zero-order valence-corrected chi connectivity index (χ0v) is 12.3. The topological polar surface area (TPSA) is 51.8 Å². The Morgan fingerprint density at radius 1 is 1.11 bits per heavy atom. The van der Waals surface area contributed by atoms with E-state index in [-0.39, 0.29) is 5.92 Å². The quantitative estimate of drug-likeness (QED) is 0.915. The third-order valence-corrected chi connectivity index (χ3v) is 3.36. The summed E-state index contributed by atoms with van der Waals surface area (Å²) in [7, 11) is 0. The summed E-state index contributed by atoms with van der Waals surface area (Å²) in [5.74, 6) is 1.62. The molecule has 0 aliphatic heterocycles. The molecule has 94 valence electrons. The summed E-state index contributed by atoms with van der Waals surface area (Å²) in [5, 5.41) is 0. The van der Waals surface area contributed by atoms with Crippen LogP contribution in [0.25, 0.3) is 11.3 Å². The van der Waals surface area contributed by atoms with E-state index in [1.165, 1.54) is 0 Å². The molecule has 0 saturated heterocycles. The van der Waals surface area contributed by atoms with Crippen molar-refractivity contribution in [2.24, 2.45) is 0 Å². The van der Waals surface area contributed by atoms with Crippen molar-refractivity contribution in [1.29, 1.82) is 0 Å². The predicted octanol–water partition coefficient (Wildman–Crippen LogP) is 3.92. The van der Waals surface area contributed by atoms with Crippen molar-refractivity contribution in [2.45, 2.75) is 26.7 Å². The minimum Gasteiger partial charge on any atom is -0.383 e. The minimum atomic E-state index is 0.266. The van der Waals surface area contributed by atoms with Crippen molar-refractivity contribution < 1.29 is 0 Å². The molecule has 1 heterocycles. The molecule has 0 spiro atoms. The fourth-order valence-electron chi connectivity index (χ4n) is 1.70. The molecule has 0 amide bonds. The molecule has 2 rings (SSSR count). The standard InChI is InChI=1S/C14H16BrN3/c1-8(2)14-17-12(9(3)13(16)18-14)10-4-6-11(15)7-5-10/h4-8H,1-3H3,(H2,16,17,18). The fraction of sp³-hybridized carbons (Fsp3) is 0.286. The second-order valence-corrected chi connectivity index (χ2v) is 5.52. The Hall–Kier alpha value is -1.42. The lowest BCUT2D eigenvalue weighted by Crippen LogP contribution is -2.06. The van der Waals surface area contributed by atoms with Crippen LogP contribution >= 0.6 is 15.9 Å². The van der Waals surface area contributed by atoms with Crippen molar-refractivity contribution in [3.63, 3.8) is 0 Å². The Morgan fingerprint density at radius 3 is 2.28 bits per heavy atom. The summed E-state index contributed by atoms with van der Waals surface area (Å²) < 4.78 is 1.05. The largest absolute Gasteiger partial charge is 0.383 e. The zero-order chi connectivity index (χ0) is 13.3. The van der Waals surface area contributed by atoms with Gasteiger partial charge in [0.05, 0.1) is 5.69 Å². The SMILES string of the molecule is Cc1c(N)nc(C(C)C)nc1-c1ccc(Br)cc1. The molecule has 2 aromatic rings. The molecular weight excluding hydrogens is 290 g/mol. The minimum absolute atomic E-state index is 0.266. The van der Waals surface area contributed by atoms with Crippen LogP contribution in [0.1, 0.15) is 31.2 Å². The van der Waals surface area contributed by atoms with Crippen LogP contribution in [0.15, 0.2) is 28.7 Å². The van der Waals surface area contributed by atoms with E-state index in [1.807, 2.05) is 31.2 Å². The van der Waals surface area contributed by atoms with Gasteiger partial charge in [0.15, 0.2) is 0 Å². The van der Waals surface area contributed by atoms with Gasteiger partial charge in [-0.15, -0.1) is 0 Å². The van der Waals surface area contributed by atoms with Gasteiger partial charge in [-0.25, -0.2) is 9.97 Å². The Balaban J connectivity index is 2.59. The molecule has 4 heteroatoms. The number of hydrogen-bond acceptors (Lipinski definition) is 3. The highest BCUT2D eigenvalue weighted by molar-refractivity contribution is 9.10. The number of nitrogen functional groups attached to an aromatic ring is 1. The molecule has 0 atom stereocenters. The Kier molecular flexibility index (Phi) is 3.66. The Labute approximate surface area is 116 Å². The van der Waals surface area contributed by atoms with Crippen LogP contribution in [0.2, 0.25) is 0 Å². The predicted molar refractivity (Wildman–Crippen MR) is 78.4 cm³/mol. The first-order valence-electron chi connectivity index (χ1n) is 5.89. The lowest BCUT2D eigenvalue weighted by molar-refractivity contribution is 0.776. The average molecular weight is 306 g/mol. The summed E-state index contributed by atoms with van der Waals surface area (Å²) in [6, 6.07) is 8.07. The highest BCUT2D eigenvalue weighted by Gasteiger charge is 2.12. The van der Waals surface area contributed by atoms with Crippen molar-refractivity contribution in [3.05, 3.63) is 40.1 Å². The van der Waals surface area contributed by atoms with Gasteiger partial charge in [-0.3, -0.25) is 0 Å². The fourth-order valence-corrected chi connectivity index (χ4v) is 1.96. The van der Waals surface area contributed by atoms with E-state index in [1.54, 1.807) is 0 Å². The molecule has 0 fully saturated rings. The highest BCUT2D eigenvalue weighted by Crippen LogP contribution is 2.27. The molecule has 0 aliphatic carbocycles. The molecule has 18 heavy (non-hydrogen) atoms. The van der Waals surface area contributed by atoms with Crippen LogP contribution in [0.5, 0.6) is 0 Å². The third kappa shape index (κ3) is 2.53. The lowest BCUT2D eigenvalue weighted by atomic mass is 10.1. The van der Waals surface area contributed by atoms with E-state index in [0.29, 0.717) is 5.82 Å². The van der Waals surface area contributed by atoms with Crippen LogP contribution < -0.4 is 5.73 Å². The average Bonchev–Trinajstić information content (AvgIpc) is 2.33. The van der Waals surface area contributed by atoms with Crippen LogP contribution in [0, 0.1) is 6.92 Å². The van der Waals surface area contributed by atoms with Gasteiger partial charge in [0.2, 0.25) is 0 Å². The van der Waals surface area contributed by atoms with E-state index in [4.69, 9.17) is 5.73 Å². The highest BCUT2D eigenvalue weighted by atomic mass is 79.9. The normalized spacial score (nSPS) is 10.9. The van der Waals surface area contributed by atoms with Gasteiger partial charge in [0.25, 0.3) is 0 Å². The summed E-state index contributed by atoms with van der Waals surface area (Å²) in [4.78, 5) is 8.96. The van der Waals surface area contributed by atoms with Gasteiger partial charge < -0.3 is 5.73 Å². The molecular formula is C14H16BrN3. The maximum Gasteiger partial charge on any atom is 0.133 e. The molecule has 1 aromatic heterocycles. The van der Waals surface area contributed by atoms with Crippen molar-refractivity contribution in [1.82, 2.24) is 9.97 Å². The smallest absolute Gasteiger partial charge is 0.133 e. The first kappa shape index (κ1) is 13.0. The second-order valence-electron chi connectivity index (χ2n) is 4.60. The molecule has 0 radical (unpaired) electrons. The van der Waals surface area contributed by atoms with Gasteiger partial charge in [-0.05, 0) is 19.1 Å². The van der Waals surface area contributed by atoms with Crippen LogP contribution in [0.4, 0.5) is 5.82 Å². The third-order valence-electron chi connectivity index (χ3n) is 2.83. The van der Waals surface area contributed by atoms with Crippen molar-refractivity contribution in [3.8, 4) is 11.3 Å². The first-order valence-corrected chi connectivity index (χ1v) is 6.68. The number of halogens is 1. The van der Waals surface area contributed by atoms with Crippen LogP contribution in [-0.2, 0) is 0 Å². The first-order chi connectivity index (χ1) is 8.49. The Bertz CT molecular complexity index is 562. The Morgan fingerprint density at radius 2 is 1.72 bits per heavy atom. The van der Waals surface area contributed by atoms with E-state index in [9.17, 15) is 0 Å². The van der Waals surface area contributed by atoms with Crippen LogP contribution in [0.3, 0.4) is 0 Å². The molecule has 1 aromatic carbocycles.